The molecular formula is C12H17ClN2. The fraction of sp³-hybridized carbons (Fsp3) is 0.583. The van der Waals surface area contributed by atoms with Crippen molar-refractivity contribution in [2.45, 2.75) is 32.6 Å². The molecule has 2 rings (SSSR count). The second kappa shape index (κ2) is 4.40. The molecule has 0 saturated heterocycles. The van der Waals surface area contributed by atoms with E-state index < -0.39 is 0 Å². The molecule has 1 saturated carbocycles. The van der Waals surface area contributed by atoms with E-state index in [1.54, 1.807) is 6.20 Å². The van der Waals surface area contributed by atoms with Gasteiger partial charge < -0.3 is 5.32 Å². The highest BCUT2D eigenvalue weighted by molar-refractivity contribution is 6.32. The van der Waals surface area contributed by atoms with Crippen molar-refractivity contribution in [2.75, 3.05) is 11.9 Å². The molecule has 0 aliphatic heterocycles. The number of hydrogen-bond acceptors (Lipinski definition) is 2. The Morgan fingerprint density at radius 1 is 1.53 bits per heavy atom. The number of hydrogen-bond donors (Lipinski definition) is 1. The number of aromatic nitrogens is 1. The smallest absolute Gasteiger partial charge is 0.144 e. The molecule has 3 heteroatoms. The van der Waals surface area contributed by atoms with Crippen LogP contribution in [0.15, 0.2) is 18.3 Å². The second-order valence-corrected chi connectivity index (χ2v) is 4.84. The van der Waals surface area contributed by atoms with Crippen molar-refractivity contribution in [3.63, 3.8) is 0 Å². The van der Waals surface area contributed by atoms with Gasteiger partial charge in [0.1, 0.15) is 5.82 Å². The van der Waals surface area contributed by atoms with E-state index in [-0.39, 0.29) is 0 Å². The van der Waals surface area contributed by atoms with Gasteiger partial charge in [0.05, 0.1) is 5.02 Å². The van der Waals surface area contributed by atoms with Crippen LogP contribution in [0.4, 0.5) is 5.82 Å². The lowest BCUT2D eigenvalue weighted by Crippen LogP contribution is -2.16. The van der Waals surface area contributed by atoms with Crippen molar-refractivity contribution >= 4 is 17.4 Å². The van der Waals surface area contributed by atoms with Gasteiger partial charge >= 0.3 is 0 Å². The highest BCUT2D eigenvalue weighted by Gasteiger charge is 2.41. The summed E-state index contributed by atoms with van der Waals surface area (Å²) in [5, 5.41) is 4.07. The van der Waals surface area contributed by atoms with Gasteiger partial charge in [0.2, 0.25) is 0 Å². The second-order valence-electron chi connectivity index (χ2n) is 4.44. The maximum atomic E-state index is 6.03. The quantitative estimate of drug-likeness (QED) is 0.825. The van der Waals surface area contributed by atoms with Crippen LogP contribution in [0.25, 0.3) is 0 Å². The van der Waals surface area contributed by atoms with E-state index in [1.807, 2.05) is 12.1 Å². The summed E-state index contributed by atoms with van der Waals surface area (Å²) < 4.78 is 0. The average Bonchev–Trinajstić information content (AvgIpc) is 2.98. The first kappa shape index (κ1) is 10.7. The van der Waals surface area contributed by atoms with Gasteiger partial charge in [0.25, 0.3) is 0 Å². The summed E-state index contributed by atoms with van der Waals surface area (Å²) in [6.07, 6.45) is 7.03. The van der Waals surface area contributed by atoms with E-state index in [9.17, 15) is 0 Å². The zero-order chi connectivity index (χ0) is 10.7. The van der Waals surface area contributed by atoms with Crippen LogP contribution in [0.3, 0.4) is 0 Å². The summed E-state index contributed by atoms with van der Waals surface area (Å²) in [4.78, 5) is 4.23. The summed E-state index contributed by atoms with van der Waals surface area (Å²) in [5.74, 6) is 0.821. The van der Waals surface area contributed by atoms with E-state index in [4.69, 9.17) is 11.6 Å². The minimum Gasteiger partial charge on any atom is -0.368 e. The lowest BCUT2D eigenvalue weighted by atomic mass is 10.0. The zero-order valence-electron chi connectivity index (χ0n) is 9.09. The first-order valence-electron chi connectivity index (χ1n) is 5.60. The van der Waals surface area contributed by atoms with Gasteiger partial charge in [-0.2, -0.15) is 0 Å². The number of nitrogens with one attached hydrogen (secondary N) is 1. The van der Waals surface area contributed by atoms with E-state index >= 15 is 0 Å². The first-order valence-corrected chi connectivity index (χ1v) is 5.98. The van der Waals surface area contributed by atoms with Gasteiger partial charge in [-0.05, 0) is 36.8 Å². The van der Waals surface area contributed by atoms with Crippen molar-refractivity contribution in [1.29, 1.82) is 0 Å². The fourth-order valence-electron chi connectivity index (χ4n) is 2.01. The van der Waals surface area contributed by atoms with Gasteiger partial charge in [0.15, 0.2) is 0 Å². The lowest BCUT2D eigenvalue weighted by molar-refractivity contribution is 0.485. The van der Waals surface area contributed by atoms with Crippen molar-refractivity contribution in [3.8, 4) is 0 Å². The standard InChI is InChI=1S/C12H17ClN2/c1-2-5-12(6-7-12)9-15-11-10(13)4-3-8-14-11/h3-4,8H,2,5-7,9H2,1H3,(H,14,15). The number of rotatable bonds is 5. The third-order valence-corrected chi connectivity index (χ3v) is 3.43. The molecule has 1 N–H and O–H groups in total. The summed E-state index contributed by atoms with van der Waals surface area (Å²) >= 11 is 6.03. The SMILES string of the molecule is CCCC1(CNc2ncccc2Cl)CC1. The Morgan fingerprint density at radius 3 is 2.93 bits per heavy atom. The number of halogens is 1. The van der Waals surface area contributed by atoms with E-state index in [1.165, 1.54) is 25.7 Å². The molecule has 1 heterocycles. The molecule has 0 bridgehead atoms. The fourth-order valence-corrected chi connectivity index (χ4v) is 2.20. The van der Waals surface area contributed by atoms with Gasteiger partial charge in [-0.15, -0.1) is 0 Å². The highest BCUT2D eigenvalue weighted by Crippen LogP contribution is 2.49. The molecule has 0 atom stereocenters. The molecule has 1 fully saturated rings. The number of anilines is 1. The van der Waals surface area contributed by atoms with Crippen LogP contribution in [0.1, 0.15) is 32.6 Å². The third-order valence-electron chi connectivity index (χ3n) is 3.13. The summed E-state index contributed by atoms with van der Waals surface area (Å²) in [6, 6.07) is 3.72. The molecule has 1 aromatic rings. The Hall–Kier alpha value is -0.760. The van der Waals surface area contributed by atoms with E-state index in [0.717, 1.165) is 12.4 Å². The topological polar surface area (TPSA) is 24.9 Å². The van der Waals surface area contributed by atoms with Crippen LogP contribution in [-0.2, 0) is 0 Å². The maximum absolute atomic E-state index is 6.03. The number of pyridine rings is 1. The molecule has 82 valence electrons. The Balaban J connectivity index is 1.91. The Kier molecular flexibility index (Phi) is 3.15. The van der Waals surface area contributed by atoms with Gasteiger partial charge in [-0.25, -0.2) is 4.98 Å². The Morgan fingerprint density at radius 2 is 2.33 bits per heavy atom. The van der Waals surface area contributed by atoms with Crippen molar-refractivity contribution < 1.29 is 0 Å². The molecule has 0 spiro atoms. The molecule has 1 aliphatic carbocycles. The minimum atomic E-state index is 0.537. The monoisotopic (exact) mass is 224 g/mol. The normalized spacial score (nSPS) is 17.5. The molecule has 0 aromatic carbocycles. The molecule has 1 aromatic heterocycles. The largest absolute Gasteiger partial charge is 0.368 e. The van der Waals surface area contributed by atoms with Gasteiger partial charge in [-0.1, -0.05) is 24.9 Å². The average molecular weight is 225 g/mol. The Labute approximate surface area is 96.1 Å². The first-order chi connectivity index (χ1) is 7.26. The molecule has 0 amide bonds. The molecular weight excluding hydrogens is 208 g/mol. The molecule has 15 heavy (non-hydrogen) atoms. The zero-order valence-corrected chi connectivity index (χ0v) is 9.85. The predicted octanol–water partition coefficient (Wildman–Crippen LogP) is 3.73. The number of nitrogens with zero attached hydrogens (tertiary/aromatic N) is 1. The van der Waals surface area contributed by atoms with Crippen molar-refractivity contribution in [2.24, 2.45) is 5.41 Å². The molecule has 2 nitrogen and oxygen atoms in total. The van der Waals surface area contributed by atoms with E-state index in [0.29, 0.717) is 10.4 Å². The molecule has 0 unspecified atom stereocenters. The summed E-state index contributed by atoms with van der Waals surface area (Å²) in [5.41, 5.74) is 0.537. The predicted molar refractivity (Wildman–Crippen MR) is 64.3 cm³/mol. The van der Waals surface area contributed by atoms with Crippen LogP contribution in [0.2, 0.25) is 5.02 Å². The van der Waals surface area contributed by atoms with Crippen LogP contribution in [0.5, 0.6) is 0 Å². The lowest BCUT2D eigenvalue weighted by Gasteiger charge is -2.15. The highest BCUT2D eigenvalue weighted by atomic mass is 35.5. The van der Waals surface area contributed by atoms with Crippen LogP contribution in [0, 0.1) is 5.41 Å². The van der Waals surface area contributed by atoms with Crippen LogP contribution >= 0.6 is 11.6 Å². The Bertz CT molecular complexity index is 334. The van der Waals surface area contributed by atoms with Crippen LogP contribution < -0.4 is 5.32 Å². The van der Waals surface area contributed by atoms with Crippen molar-refractivity contribution in [3.05, 3.63) is 23.4 Å². The summed E-state index contributed by atoms with van der Waals surface area (Å²) in [7, 11) is 0. The molecule has 0 radical (unpaired) electrons. The molecule has 1 aliphatic rings. The maximum Gasteiger partial charge on any atom is 0.144 e. The summed E-state index contributed by atoms with van der Waals surface area (Å²) in [6.45, 7) is 3.26. The third kappa shape index (κ3) is 2.63. The van der Waals surface area contributed by atoms with Gasteiger partial charge in [-0.3, -0.25) is 0 Å². The van der Waals surface area contributed by atoms with E-state index in [2.05, 4.69) is 17.2 Å². The van der Waals surface area contributed by atoms with Gasteiger partial charge in [0, 0.05) is 12.7 Å². The van der Waals surface area contributed by atoms with Crippen molar-refractivity contribution in [1.82, 2.24) is 4.98 Å². The minimum absolute atomic E-state index is 0.537. The van der Waals surface area contributed by atoms with Crippen LogP contribution in [-0.4, -0.2) is 11.5 Å².